The number of thiazole rings is 1. The summed E-state index contributed by atoms with van der Waals surface area (Å²) in [6.45, 7) is 5.46. The van der Waals surface area contributed by atoms with Crippen LogP contribution in [0.1, 0.15) is 48.4 Å². The van der Waals surface area contributed by atoms with Gasteiger partial charge in [-0.25, -0.2) is 4.98 Å². The lowest BCUT2D eigenvalue weighted by atomic mass is 9.96. The highest BCUT2D eigenvalue weighted by molar-refractivity contribution is 7.13. The lowest BCUT2D eigenvalue weighted by molar-refractivity contribution is -0.120. The quantitative estimate of drug-likeness (QED) is 0.777. The summed E-state index contributed by atoms with van der Waals surface area (Å²) in [6.07, 6.45) is 6.13. The van der Waals surface area contributed by atoms with Crippen LogP contribution in [0.25, 0.3) is 0 Å². The summed E-state index contributed by atoms with van der Waals surface area (Å²) >= 11 is 1.50. The Morgan fingerprint density at radius 3 is 2.74 bits per heavy atom. The number of amides is 1. The Labute approximate surface area is 165 Å². The number of aromatic nitrogens is 1. The van der Waals surface area contributed by atoms with Crippen LogP contribution >= 0.6 is 11.3 Å². The lowest BCUT2D eigenvalue weighted by Crippen LogP contribution is -2.41. The zero-order valence-corrected chi connectivity index (χ0v) is 17.1. The van der Waals surface area contributed by atoms with Crippen molar-refractivity contribution in [1.29, 1.82) is 0 Å². The van der Waals surface area contributed by atoms with E-state index in [9.17, 15) is 4.79 Å². The van der Waals surface area contributed by atoms with Crippen LogP contribution in [0.5, 0.6) is 5.75 Å². The minimum absolute atomic E-state index is 0.104. The van der Waals surface area contributed by atoms with Crippen LogP contribution < -0.4 is 9.64 Å². The van der Waals surface area contributed by atoms with Gasteiger partial charge in [0.2, 0.25) is 5.91 Å². The predicted octanol–water partition coefficient (Wildman–Crippen LogP) is 4.10. The molecule has 2 heterocycles. The number of rotatable bonds is 5. The van der Waals surface area contributed by atoms with Gasteiger partial charge in [0.05, 0.1) is 13.2 Å². The fourth-order valence-electron chi connectivity index (χ4n) is 3.81. The maximum Gasteiger partial charge on any atom is 0.242 e. The molecule has 0 bridgehead atoms. The van der Waals surface area contributed by atoms with Crippen molar-refractivity contribution in [2.75, 3.05) is 25.1 Å². The minimum atomic E-state index is 0.104. The zero-order chi connectivity index (χ0) is 19.0. The summed E-state index contributed by atoms with van der Waals surface area (Å²) in [7, 11) is 1.82. The van der Waals surface area contributed by atoms with Crippen LogP contribution in [0.3, 0.4) is 0 Å². The third kappa shape index (κ3) is 3.87. The molecule has 1 atom stereocenters. The molecule has 4 rings (SSSR count). The van der Waals surface area contributed by atoms with E-state index < -0.39 is 0 Å². The van der Waals surface area contributed by atoms with Gasteiger partial charge >= 0.3 is 0 Å². The van der Waals surface area contributed by atoms with Gasteiger partial charge in [-0.2, -0.15) is 0 Å². The molecule has 144 valence electrons. The highest BCUT2D eigenvalue weighted by atomic mass is 32.1. The van der Waals surface area contributed by atoms with E-state index in [0.717, 1.165) is 30.3 Å². The van der Waals surface area contributed by atoms with Crippen LogP contribution in [-0.2, 0) is 4.79 Å². The molecule has 1 aliphatic carbocycles. The molecule has 6 heteroatoms. The number of carbonyl (C=O) groups is 1. The molecule has 5 nitrogen and oxygen atoms in total. The number of aryl methyl sites for hydroxylation is 2. The van der Waals surface area contributed by atoms with Gasteiger partial charge in [-0.3, -0.25) is 14.6 Å². The van der Waals surface area contributed by atoms with Gasteiger partial charge in [-0.05, 0) is 56.7 Å². The molecule has 1 aliphatic heterocycles. The number of ether oxygens (including phenoxy) is 1. The molecule has 2 aromatic rings. The van der Waals surface area contributed by atoms with Crippen LogP contribution in [0.4, 0.5) is 5.13 Å². The average Bonchev–Trinajstić information content (AvgIpc) is 3.39. The van der Waals surface area contributed by atoms with Crippen LogP contribution in [0.15, 0.2) is 23.7 Å². The number of likely N-dealkylation sites (N-methyl/N-ethyl adjacent to an activating group) is 1. The standard InChI is InChI=1S/C21H27N3O2S/c1-14-11-17-18(5-4-9-26-19(17)12-15(14)2)24(16-6-7-16)13-20(25)23(3)21-22-8-10-27-21/h8,10-12,16,18H,4-7,9,13H2,1-3H3/t18-/m0/s1. The van der Waals surface area contributed by atoms with Crippen molar-refractivity contribution in [1.82, 2.24) is 9.88 Å². The molecule has 1 amide bonds. The molecule has 0 N–H and O–H groups in total. The fourth-order valence-corrected chi connectivity index (χ4v) is 4.43. The van der Waals surface area contributed by atoms with Crippen molar-refractivity contribution in [3.63, 3.8) is 0 Å². The average molecular weight is 386 g/mol. The summed E-state index contributed by atoms with van der Waals surface area (Å²) in [5.74, 6) is 1.10. The number of hydrogen-bond acceptors (Lipinski definition) is 5. The predicted molar refractivity (Wildman–Crippen MR) is 109 cm³/mol. The Bertz CT molecular complexity index is 817. The number of carbonyl (C=O) groups excluding carboxylic acids is 1. The third-order valence-electron chi connectivity index (χ3n) is 5.68. The van der Waals surface area contributed by atoms with Crippen LogP contribution in [0.2, 0.25) is 0 Å². The van der Waals surface area contributed by atoms with E-state index in [1.54, 1.807) is 11.1 Å². The van der Waals surface area contributed by atoms with Crippen molar-refractivity contribution < 1.29 is 9.53 Å². The second-order valence-corrected chi connectivity index (χ2v) is 8.52. The van der Waals surface area contributed by atoms with Gasteiger partial charge in [0.25, 0.3) is 0 Å². The van der Waals surface area contributed by atoms with E-state index in [4.69, 9.17) is 4.74 Å². The first kappa shape index (κ1) is 18.4. The van der Waals surface area contributed by atoms with E-state index in [0.29, 0.717) is 12.6 Å². The zero-order valence-electron chi connectivity index (χ0n) is 16.3. The van der Waals surface area contributed by atoms with Gasteiger partial charge in [0.1, 0.15) is 5.75 Å². The summed E-state index contributed by atoms with van der Waals surface area (Å²) in [5.41, 5.74) is 3.78. The molecule has 0 spiro atoms. The van der Waals surface area contributed by atoms with Crippen molar-refractivity contribution >= 4 is 22.4 Å². The Hall–Kier alpha value is -1.92. The van der Waals surface area contributed by atoms with Crippen molar-refractivity contribution in [2.24, 2.45) is 0 Å². The number of anilines is 1. The Balaban J connectivity index is 1.61. The highest BCUT2D eigenvalue weighted by Gasteiger charge is 2.38. The summed E-state index contributed by atoms with van der Waals surface area (Å²) in [4.78, 5) is 21.3. The Morgan fingerprint density at radius 1 is 1.26 bits per heavy atom. The smallest absolute Gasteiger partial charge is 0.242 e. The van der Waals surface area contributed by atoms with Crippen LogP contribution in [0, 0.1) is 13.8 Å². The molecule has 27 heavy (non-hydrogen) atoms. The highest BCUT2D eigenvalue weighted by Crippen LogP contribution is 2.42. The number of benzene rings is 1. The first-order chi connectivity index (χ1) is 13.0. The van der Waals surface area contributed by atoms with Gasteiger partial charge in [-0.1, -0.05) is 6.07 Å². The molecule has 1 fully saturated rings. The molecule has 0 unspecified atom stereocenters. The number of nitrogens with zero attached hydrogens (tertiary/aromatic N) is 3. The molecular weight excluding hydrogens is 358 g/mol. The van der Waals surface area contributed by atoms with E-state index in [-0.39, 0.29) is 11.9 Å². The van der Waals surface area contributed by atoms with Gasteiger partial charge in [0, 0.05) is 36.3 Å². The molecule has 0 radical (unpaired) electrons. The van der Waals surface area contributed by atoms with E-state index in [1.807, 2.05) is 12.4 Å². The molecule has 0 saturated heterocycles. The third-order valence-corrected chi connectivity index (χ3v) is 6.53. The summed E-state index contributed by atoms with van der Waals surface area (Å²) in [5, 5.41) is 2.66. The van der Waals surface area contributed by atoms with Crippen LogP contribution in [-0.4, -0.2) is 42.0 Å². The maximum atomic E-state index is 13.0. The van der Waals surface area contributed by atoms with Gasteiger partial charge in [0.15, 0.2) is 5.13 Å². The van der Waals surface area contributed by atoms with Gasteiger partial charge < -0.3 is 4.74 Å². The summed E-state index contributed by atoms with van der Waals surface area (Å²) in [6, 6.07) is 5.17. The van der Waals surface area contributed by atoms with Crippen molar-refractivity contribution in [3.05, 3.63) is 40.4 Å². The second-order valence-electron chi connectivity index (χ2n) is 7.65. The largest absolute Gasteiger partial charge is 0.493 e. The molecular formula is C21H27N3O2S. The maximum absolute atomic E-state index is 13.0. The van der Waals surface area contributed by atoms with E-state index >= 15 is 0 Å². The van der Waals surface area contributed by atoms with Crippen molar-refractivity contribution in [3.8, 4) is 5.75 Å². The number of hydrogen-bond donors (Lipinski definition) is 0. The normalized spacial score (nSPS) is 19.3. The molecule has 1 aromatic carbocycles. The molecule has 1 saturated carbocycles. The topological polar surface area (TPSA) is 45.7 Å². The van der Waals surface area contributed by atoms with E-state index in [2.05, 4.69) is 35.9 Å². The SMILES string of the molecule is Cc1cc2c(cc1C)[C@@H](N(CC(=O)N(C)c1nccs1)C1CC1)CCCO2. The minimum Gasteiger partial charge on any atom is -0.493 e. The van der Waals surface area contributed by atoms with E-state index in [1.165, 1.54) is 40.9 Å². The second kappa shape index (κ2) is 7.60. The van der Waals surface area contributed by atoms with Gasteiger partial charge in [-0.15, -0.1) is 11.3 Å². The molecule has 1 aromatic heterocycles. The van der Waals surface area contributed by atoms with Crippen molar-refractivity contribution in [2.45, 2.75) is 51.6 Å². The number of fused-ring (bicyclic) bond motifs is 1. The Morgan fingerprint density at radius 2 is 2.04 bits per heavy atom. The fraction of sp³-hybridized carbons (Fsp3) is 0.524. The lowest BCUT2D eigenvalue weighted by Gasteiger charge is -2.32. The first-order valence-corrected chi connectivity index (χ1v) is 10.6. The monoisotopic (exact) mass is 385 g/mol. The Kier molecular flexibility index (Phi) is 5.19. The first-order valence-electron chi connectivity index (χ1n) is 9.70. The summed E-state index contributed by atoms with van der Waals surface area (Å²) < 4.78 is 6.05. The molecule has 2 aliphatic rings.